The van der Waals surface area contributed by atoms with E-state index in [1.54, 1.807) is 25.3 Å². The summed E-state index contributed by atoms with van der Waals surface area (Å²) in [5, 5.41) is 10.7. The fourth-order valence-corrected chi connectivity index (χ4v) is 2.75. The summed E-state index contributed by atoms with van der Waals surface area (Å²) in [6.45, 7) is 5.49. The van der Waals surface area contributed by atoms with Crippen molar-refractivity contribution in [3.8, 4) is 5.75 Å². The zero-order chi connectivity index (χ0) is 15.9. The normalized spacial score (nSPS) is 11.8. The van der Waals surface area contributed by atoms with Crippen LogP contribution < -0.4 is 5.73 Å². The smallest absolute Gasteiger partial charge is 0.152 e. The maximum atomic E-state index is 9.83. The van der Waals surface area contributed by atoms with Crippen LogP contribution in [0.4, 0.5) is 5.82 Å². The number of benzene rings is 1. The van der Waals surface area contributed by atoms with Gasteiger partial charge < -0.3 is 20.1 Å². The molecule has 3 rings (SSSR count). The summed E-state index contributed by atoms with van der Waals surface area (Å²) in [6.07, 6.45) is 0. The molecule has 0 amide bonds. The minimum absolute atomic E-state index is 0.200. The fraction of sp³-hybridized carbons (Fsp3) is 0.375. The fourth-order valence-electron chi connectivity index (χ4n) is 2.75. The molecule has 0 unspecified atom stereocenters. The lowest BCUT2D eigenvalue weighted by atomic mass is 10.1. The molecule has 6 nitrogen and oxygen atoms in total. The number of hydrogen-bond acceptors (Lipinski definition) is 5. The van der Waals surface area contributed by atoms with Crippen LogP contribution in [0.3, 0.4) is 0 Å². The Labute approximate surface area is 128 Å². The van der Waals surface area contributed by atoms with Crippen molar-refractivity contribution in [1.29, 1.82) is 0 Å². The first-order chi connectivity index (χ1) is 10.5. The average Bonchev–Trinajstić information content (AvgIpc) is 2.79. The van der Waals surface area contributed by atoms with Crippen molar-refractivity contribution in [3.05, 3.63) is 24.0 Å². The number of phenols is 1. The predicted octanol–water partition coefficient (Wildman–Crippen LogP) is 2.67. The zero-order valence-electron chi connectivity index (χ0n) is 13.0. The number of methoxy groups -OCH3 is 1. The first-order valence-electron chi connectivity index (χ1n) is 7.27. The maximum Gasteiger partial charge on any atom is 0.152 e. The Hall–Kier alpha value is -2.34. The van der Waals surface area contributed by atoms with E-state index in [2.05, 4.69) is 28.4 Å². The van der Waals surface area contributed by atoms with Crippen molar-refractivity contribution in [3.63, 3.8) is 0 Å². The van der Waals surface area contributed by atoms with E-state index in [1.165, 1.54) is 0 Å². The molecule has 0 atom stereocenters. The number of fused-ring (bicyclic) bond motifs is 3. The predicted molar refractivity (Wildman–Crippen MR) is 86.7 cm³/mol. The Bertz CT molecular complexity index is 839. The van der Waals surface area contributed by atoms with Crippen molar-refractivity contribution in [1.82, 2.24) is 14.5 Å². The molecule has 0 aliphatic rings. The molecule has 1 aromatic carbocycles. The van der Waals surface area contributed by atoms with E-state index in [0.29, 0.717) is 23.9 Å². The van der Waals surface area contributed by atoms with Crippen LogP contribution in [0.25, 0.3) is 21.9 Å². The summed E-state index contributed by atoms with van der Waals surface area (Å²) in [5.74, 6) is 1.85. The topological polar surface area (TPSA) is 86.2 Å². The molecule has 3 N–H and O–H groups in total. The monoisotopic (exact) mass is 300 g/mol. The Morgan fingerprint density at radius 2 is 2.09 bits per heavy atom. The van der Waals surface area contributed by atoms with Gasteiger partial charge in [0.15, 0.2) is 5.82 Å². The van der Waals surface area contributed by atoms with Gasteiger partial charge >= 0.3 is 0 Å². The van der Waals surface area contributed by atoms with E-state index in [0.717, 1.165) is 28.8 Å². The van der Waals surface area contributed by atoms with Crippen LogP contribution >= 0.6 is 0 Å². The van der Waals surface area contributed by atoms with E-state index >= 15 is 0 Å². The van der Waals surface area contributed by atoms with Gasteiger partial charge in [-0.1, -0.05) is 13.8 Å². The number of imidazole rings is 1. The van der Waals surface area contributed by atoms with Crippen LogP contribution in [0.5, 0.6) is 5.75 Å². The number of anilines is 1. The Morgan fingerprint density at radius 3 is 2.77 bits per heavy atom. The Balaban J connectivity index is 2.42. The summed E-state index contributed by atoms with van der Waals surface area (Å²) in [5.41, 5.74) is 8.39. The quantitative estimate of drug-likeness (QED) is 0.773. The standard InChI is InChI=1S/C16H20N4O2/c1-9(2)7-20-13(8-22-3)19-14-15(20)11-6-10(21)4-5-12(11)18-16(14)17/h4-6,9,21H,7-8H2,1-3H3,(H2,17,18). The van der Waals surface area contributed by atoms with Gasteiger partial charge in [0.05, 0.1) is 11.0 Å². The number of nitrogens with two attached hydrogens (primary N) is 1. The number of rotatable bonds is 4. The third kappa shape index (κ3) is 2.35. The van der Waals surface area contributed by atoms with Crippen molar-refractivity contribution >= 4 is 27.8 Å². The molecule has 22 heavy (non-hydrogen) atoms. The van der Waals surface area contributed by atoms with Gasteiger partial charge in [-0.3, -0.25) is 0 Å². The second-order valence-corrected chi connectivity index (χ2v) is 5.86. The van der Waals surface area contributed by atoms with Crippen molar-refractivity contribution in [2.24, 2.45) is 5.92 Å². The zero-order valence-corrected chi connectivity index (χ0v) is 13.0. The van der Waals surface area contributed by atoms with Crippen LogP contribution in [0.15, 0.2) is 18.2 Å². The van der Waals surface area contributed by atoms with Gasteiger partial charge in [0.25, 0.3) is 0 Å². The number of aromatic hydroxyl groups is 1. The lowest BCUT2D eigenvalue weighted by molar-refractivity contribution is 0.174. The Kier molecular flexibility index (Phi) is 3.62. The van der Waals surface area contributed by atoms with Gasteiger partial charge in [-0.2, -0.15) is 0 Å². The Morgan fingerprint density at radius 1 is 1.32 bits per heavy atom. The lowest BCUT2D eigenvalue weighted by Gasteiger charge is -2.12. The van der Waals surface area contributed by atoms with Gasteiger partial charge in [0.2, 0.25) is 0 Å². The average molecular weight is 300 g/mol. The minimum Gasteiger partial charge on any atom is -0.508 e. The van der Waals surface area contributed by atoms with Crippen LogP contribution in [0, 0.1) is 5.92 Å². The highest BCUT2D eigenvalue weighted by atomic mass is 16.5. The molecule has 0 radical (unpaired) electrons. The second-order valence-electron chi connectivity index (χ2n) is 5.86. The molecule has 2 aromatic heterocycles. The van der Waals surface area contributed by atoms with Crippen molar-refractivity contribution in [2.45, 2.75) is 27.0 Å². The van der Waals surface area contributed by atoms with E-state index in [-0.39, 0.29) is 5.75 Å². The van der Waals surface area contributed by atoms with E-state index < -0.39 is 0 Å². The SMILES string of the molecule is COCc1nc2c(N)nc3ccc(O)cc3c2n1CC(C)C. The van der Waals surface area contributed by atoms with Gasteiger partial charge in [-0.15, -0.1) is 0 Å². The molecular formula is C16H20N4O2. The minimum atomic E-state index is 0.200. The van der Waals surface area contributed by atoms with Crippen LogP contribution in [0.1, 0.15) is 19.7 Å². The molecule has 6 heteroatoms. The van der Waals surface area contributed by atoms with Crippen molar-refractivity contribution in [2.75, 3.05) is 12.8 Å². The molecule has 0 spiro atoms. The number of hydrogen-bond donors (Lipinski definition) is 2. The molecule has 0 saturated heterocycles. The third-order valence-electron chi connectivity index (χ3n) is 3.59. The molecule has 116 valence electrons. The molecule has 0 fully saturated rings. The number of nitrogens with zero attached hydrogens (tertiary/aromatic N) is 3. The van der Waals surface area contributed by atoms with Gasteiger partial charge in [0.1, 0.15) is 23.7 Å². The number of aromatic nitrogens is 3. The molecule has 3 aromatic rings. The van der Waals surface area contributed by atoms with E-state index in [4.69, 9.17) is 10.5 Å². The number of ether oxygens (including phenoxy) is 1. The number of phenolic OH excluding ortho intramolecular Hbond substituents is 1. The lowest BCUT2D eigenvalue weighted by Crippen LogP contribution is -2.09. The third-order valence-corrected chi connectivity index (χ3v) is 3.59. The summed E-state index contributed by atoms with van der Waals surface area (Å²) in [4.78, 5) is 8.99. The molecule has 0 aliphatic heterocycles. The van der Waals surface area contributed by atoms with Crippen LogP contribution in [-0.2, 0) is 17.9 Å². The molecule has 0 bridgehead atoms. The summed E-state index contributed by atoms with van der Waals surface area (Å²) in [6, 6.07) is 5.09. The first kappa shape index (κ1) is 14.6. The number of nitrogen functional groups attached to an aromatic ring is 1. The first-order valence-corrected chi connectivity index (χ1v) is 7.27. The summed E-state index contributed by atoms with van der Waals surface area (Å²) in [7, 11) is 1.64. The molecular weight excluding hydrogens is 280 g/mol. The van der Waals surface area contributed by atoms with Gasteiger partial charge in [0, 0.05) is 19.0 Å². The highest BCUT2D eigenvalue weighted by Gasteiger charge is 2.18. The largest absolute Gasteiger partial charge is 0.508 e. The molecule has 0 aliphatic carbocycles. The molecule has 2 heterocycles. The van der Waals surface area contributed by atoms with Gasteiger partial charge in [-0.05, 0) is 24.1 Å². The van der Waals surface area contributed by atoms with E-state index in [9.17, 15) is 5.11 Å². The van der Waals surface area contributed by atoms with Crippen molar-refractivity contribution < 1.29 is 9.84 Å². The highest BCUT2D eigenvalue weighted by Crippen LogP contribution is 2.31. The second kappa shape index (κ2) is 5.46. The summed E-state index contributed by atoms with van der Waals surface area (Å²) >= 11 is 0. The van der Waals surface area contributed by atoms with Gasteiger partial charge in [-0.25, -0.2) is 9.97 Å². The van der Waals surface area contributed by atoms with E-state index in [1.807, 2.05) is 0 Å². The van der Waals surface area contributed by atoms with Crippen LogP contribution in [-0.4, -0.2) is 26.8 Å². The molecule has 0 saturated carbocycles. The summed E-state index contributed by atoms with van der Waals surface area (Å²) < 4.78 is 7.38. The van der Waals surface area contributed by atoms with Crippen LogP contribution in [0.2, 0.25) is 0 Å². The maximum absolute atomic E-state index is 9.83. The number of pyridine rings is 1. The highest BCUT2D eigenvalue weighted by molar-refractivity contribution is 6.07.